The molecule has 0 aliphatic heterocycles. The summed E-state index contributed by atoms with van der Waals surface area (Å²) in [6.07, 6.45) is 3.65. The van der Waals surface area contributed by atoms with E-state index in [1.807, 2.05) is 13.0 Å². The van der Waals surface area contributed by atoms with Crippen LogP contribution in [-0.4, -0.2) is 19.8 Å². The van der Waals surface area contributed by atoms with E-state index in [0.717, 1.165) is 31.2 Å². The fourth-order valence-corrected chi connectivity index (χ4v) is 4.68. The largest absolute Gasteiger partial charge is 0.241 e. The first-order chi connectivity index (χ1) is 9.37. The number of sulfonamides is 1. The highest BCUT2D eigenvalue weighted by Crippen LogP contribution is 2.34. The molecular formula is C15H22ClNO2S. The van der Waals surface area contributed by atoms with Crippen LogP contribution in [0.15, 0.2) is 29.2 Å². The molecule has 1 N–H and O–H groups in total. The lowest BCUT2D eigenvalue weighted by Crippen LogP contribution is -2.51. The van der Waals surface area contributed by atoms with Crippen molar-refractivity contribution in [2.75, 3.05) is 5.88 Å². The summed E-state index contributed by atoms with van der Waals surface area (Å²) in [5.41, 5.74) is 0.446. The fourth-order valence-electron chi connectivity index (χ4n) is 2.70. The predicted molar refractivity (Wildman–Crippen MR) is 82.6 cm³/mol. The van der Waals surface area contributed by atoms with Gasteiger partial charge in [0.15, 0.2) is 0 Å². The molecule has 1 fully saturated rings. The minimum atomic E-state index is -3.50. The van der Waals surface area contributed by atoms with E-state index in [2.05, 4.69) is 11.6 Å². The maximum Gasteiger partial charge on any atom is 0.241 e. The van der Waals surface area contributed by atoms with Gasteiger partial charge in [-0.3, -0.25) is 0 Å². The monoisotopic (exact) mass is 315 g/mol. The van der Waals surface area contributed by atoms with Crippen LogP contribution in [0.2, 0.25) is 0 Å². The minimum Gasteiger partial charge on any atom is -0.207 e. The predicted octanol–water partition coefficient (Wildman–Crippen LogP) is 3.46. The maximum absolute atomic E-state index is 12.5. The number of hydrogen-bond donors (Lipinski definition) is 1. The van der Waals surface area contributed by atoms with Crippen molar-refractivity contribution < 1.29 is 8.42 Å². The van der Waals surface area contributed by atoms with E-state index in [4.69, 9.17) is 11.6 Å². The van der Waals surface area contributed by atoms with Gasteiger partial charge < -0.3 is 0 Å². The van der Waals surface area contributed by atoms with Gasteiger partial charge in [0.25, 0.3) is 0 Å². The number of aryl methyl sites for hydroxylation is 1. The zero-order chi connectivity index (χ0) is 14.8. The second kappa shape index (κ2) is 6.04. The molecule has 0 radical (unpaired) electrons. The molecule has 0 heterocycles. The van der Waals surface area contributed by atoms with Gasteiger partial charge in [-0.25, -0.2) is 13.1 Å². The topological polar surface area (TPSA) is 46.2 Å². The fraction of sp³-hybridized carbons (Fsp3) is 0.600. The maximum atomic E-state index is 12.5. The molecule has 112 valence electrons. The molecule has 0 spiro atoms. The van der Waals surface area contributed by atoms with Gasteiger partial charge in [-0.1, -0.05) is 19.1 Å². The van der Waals surface area contributed by atoms with Gasteiger partial charge in [-0.15, -0.1) is 11.6 Å². The second-order valence-corrected chi connectivity index (χ2v) is 7.97. The Balaban J connectivity index is 2.22. The van der Waals surface area contributed by atoms with Crippen molar-refractivity contribution in [3.8, 4) is 0 Å². The van der Waals surface area contributed by atoms with Crippen LogP contribution in [0.1, 0.15) is 38.2 Å². The molecule has 0 amide bonds. The molecule has 0 bridgehead atoms. The molecule has 1 aliphatic carbocycles. The number of nitrogens with one attached hydrogen (secondary N) is 1. The van der Waals surface area contributed by atoms with Crippen molar-refractivity contribution in [3.05, 3.63) is 29.8 Å². The molecule has 1 saturated carbocycles. The Morgan fingerprint density at radius 2 is 2.00 bits per heavy atom. The molecule has 20 heavy (non-hydrogen) atoms. The van der Waals surface area contributed by atoms with Crippen LogP contribution in [-0.2, 0) is 10.0 Å². The molecule has 1 aromatic carbocycles. The Labute approximate surface area is 126 Å². The van der Waals surface area contributed by atoms with Crippen LogP contribution in [0.25, 0.3) is 0 Å². The van der Waals surface area contributed by atoms with E-state index in [9.17, 15) is 8.42 Å². The van der Waals surface area contributed by atoms with E-state index >= 15 is 0 Å². The normalized spacial score (nSPS) is 27.4. The Morgan fingerprint density at radius 1 is 1.35 bits per heavy atom. The third-order valence-electron chi connectivity index (χ3n) is 4.14. The van der Waals surface area contributed by atoms with Crippen molar-refractivity contribution in [1.82, 2.24) is 4.72 Å². The van der Waals surface area contributed by atoms with Gasteiger partial charge >= 0.3 is 0 Å². The molecule has 0 saturated heterocycles. The minimum absolute atomic E-state index is 0.320. The van der Waals surface area contributed by atoms with Crippen molar-refractivity contribution in [3.63, 3.8) is 0 Å². The number of rotatable bonds is 4. The van der Waals surface area contributed by atoms with Crippen molar-refractivity contribution in [2.45, 2.75) is 50.0 Å². The zero-order valence-electron chi connectivity index (χ0n) is 12.0. The lowest BCUT2D eigenvalue weighted by molar-refractivity contribution is 0.247. The number of halogens is 1. The summed E-state index contributed by atoms with van der Waals surface area (Å²) in [5, 5.41) is 0. The van der Waals surface area contributed by atoms with Crippen LogP contribution < -0.4 is 4.72 Å². The van der Waals surface area contributed by atoms with Crippen LogP contribution in [0.5, 0.6) is 0 Å². The van der Waals surface area contributed by atoms with E-state index in [1.54, 1.807) is 18.2 Å². The van der Waals surface area contributed by atoms with E-state index in [0.29, 0.717) is 16.7 Å². The first kappa shape index (κ1) is 15.8. The molecule has 1 aromatic rings. The molecule has 2 rings (SSSR count). The van der Waals surface area contributed by atoms with E-state index in [1.165, 1.54) is 0 Å². The summed E-state index contributed by atoms with van der Waals surface area (Å²) in [4.78, 5) is 0.320. The lowest BCUT2D eigenvalue weighted by Gasteiger charge is -2.38. The van der Waals surface area contributed by atoms with Crippen molar-refractivity contribution in [1.29, 1.82) is 0 Å². The second-order valence-electron chi connectivity index (χ2n) is 6.02. The van der Waals surface area contributed by atoms with Gasteiger partial charge in [0.1, 0.15) is 0 Å². The quantitative estimate of drug-likeness (QED) is 0.865. The van der Waals surface area contributed by atoms with Crippen LogP contribution >= 0.6 is 11.6 Å². The summed E-state index contributed by atoms with van der Waals surface area (Å²) in [5.74, 6) is 0.972. The van der Waals surface area contributed by atoms with Gasteiger partial charge in [0.2, 0.25) is 10.0 Å². The SMILES string of the molecule is Cc1cccc(S(=O)(=O)NC2(CCl)CCC(C)CC2)c1. The summed E-state index contributed by atoms with van der Waals surface area (Å²) in [6, 6.07) is 6.97. The highest BCUT2D eigenvalue weighted by Gasteiger charge is 2.37. The Hall–Kier alpha value is -0.580. The molecule has 5 heteroatoms. The number of benzene rings is 1. The van der Waals surface area contributed by atoms with Gasteiger partial charge in [0, 0.05) is 11.4 Å². The first-order valence-electron chi connectivity index (χ1n) is 7.03. The third kappa shape index (κ3) is 3.54. The van der Waals surface area contributed by atoms with E-state index in [-0.39, 0.29) is 0 Å². The molecule has 0 aromatic heterocycles. The Kier molecular flexibility index (Phi) is 4.77. The zero-order valence-corrected chi connectivity index (χ0v) is 13.6. The smallest absolute Gasteiger partial charge is 0.207 e. The van der Waals surface area contributed by atoms with Crippen LogP contribution in [0.3, 0.4) is 0 Å². The molecular weight excluding hydrogens is 294 g/mol. The van der Waals surface area contributed by atoms with Crippen LogP contribution in [0.4, 0.5) is 0 Å². The van der Waals surface area contributed by atoms with Crippen molar-refractivity contribution in [2.24, 2.45) is 5.92 Å². The van der Waals surface area contributed by atoms with Gasteiger partial charge in [0.05, 0.1) is 4.90 Å². The summed E-state index contributed by atoms with van der Waals surface area (Å²) in [7, 11) is -3.50. The summed E-state index contributed by atoms with van der Waals surface area (Å²) in [6.45, 7) is 4.09. The average molecular weight is 316 g/mol. The molecule has 1 aliphatic rings. The number of hydrogen-bond acceptors (Lipinski definition) is 2. The highest BCUT2D eigenvalue weighted by atomic mass is 35.5. The Bertz CT molecular complexity index is 563. The first-order valence-corrected chi connectivity index (χ1v) is 9.05. The standard InChI is InChI=1S/C15H22ClNO2S/c1-12-6-8-15(11-16,9-7-12)17-20(18,19)14-5-3-4-13(2)10-14/h3-5,10,12,17H,6-9,11H2,1-2H3. The molecule has 0 atom stereocenters. The summed E-state index contributed by atoms with van der Waals surface area (Å²) < 4.78 is 27.9. The molecule has 3 nitrogen and oxygen atoms in total. The van der Waals surface area contributed by atoms with E-state index < -0.39 is 15.6 Å². The van der Waals surface area contributed by atoms with Crippen LogP contribution in [0, 0.1) is 12.8 Å². The Morgan fingerprint density at radius 3 is 2.55 bits per heavy atom. The highest BCUT2D eigenvalue weighted by molar-refractivity contribution is 7.89. The van der Waals surface area contributed by atoms with Crippen molar-refractivity contribution >= 4 is 21.6 Å². The van der Waals surface area contributed by atoms with Gasteiger partial charge in [-0.2, -0.15) is 0 Å². The molecule has 0 unspecified atom stereocenters. The average Bonchev–Trinajstić information content (AvgIpc) is 2.41. The summed E-state index contributed by atoms with van der Waals surface area (Å²) >= 11 is 6.08. The number of alkyl halides is 1. The lowest BCUT2D eigenvalue weighted by atomic mass is 9.79. The third-order valence-corrected chi connectivity index (χ3v) is 6.23. The van der Waals surface area contributed by atoms with Gasteiger partial charge in [-0.05, 0) is 56.2 Å².